The molecule has 1 heterocycles. The summed E-state index contributed by atoms with van der Waals surface area (Å²) in [7, 11) is 0. The Morgan fingerprint density at radius 2 is 2.17 bits per heavy atom. The van der Waals surface area contributed by atoms with E-state index in [-0.39, 0.29) is 5.91 Å². The maximum absolute atomic E-state index is 12.0. The Morgan fingerprint density at radius 3 is 2.83 bits per heavy atom. The summed E-state index contributed by atoms with van der Waals surface area (Å²) in [5.74, 6) is 0.953. The van der Waals surface area contributed by atoms with Crippen molar-refractivity contribution in [3.05, 3.63) is 28.7 Å². The second-order valence-corrected chi connectivity index (χ2v) is 5.84. The van der Waals surface area contributed by atoms with Crippen molar-refractivity contribution in [1.82, 2.24) is 4.90 Å². The van der Waals surface area contributed by atoms with Crippen LogP contribution in [0.25, 0.3) is 0 Å². The topological polar surface area (TPSA) is 32.3 Å². The predicted molar refractivity (Wildman–Crippen MR) is 77.6 cm³/mol. The predicted octanol–water partition coefficient (Wildman–Crippen LogP) is 3.12. The van der Waals surface area contributed by atoms with Gasteiger partial charge in [-0.15, -0.1) is 0 Å². The fourth-order valence-corrected chi connectivity index (χ4v) is 2.55. The average Bonchev–Trinajstić information content (AvgIpc) is 2.37. The molecule has 0 saturated carbocycles. The normalized spacial score (nSPS) is 16.7. The van der Waals surface area contributed by atoms with Crippen LogP contribution in [-0.4, -0.2) is 30.4 Å². The van der Waals surface area contributed by atoms with E-state index < -0.39 is 0 Å². The zero-order valence-electron chi connectivity index (χ0n) is 10.7. The molecule has 2 rings (SSSR count). The average molecular weight is 311 g/mol. The lowest BCUT2D eigenvalue weighted by Gasteiger charge is -2.30. The molecule has 1 saturated heterocycles. The van der Waals surface area contributed by atoms with Crippen molar-refractivity contribution < 1.29 is 4.79 Å². The van der Waals surface area contributed by atoms with Crippen LogP contribution in [0.3, 0.4) is 0 Å². The third-order valence-corrected chi connectivity index (χ3v) is 3.90. The highest BCUT2D eigenvalue weighted by molar-refractivity contribution is 9.10. The van der Waals surface area contributed by atoms with Gasteiger partial charge < -0.3 is 10.2 Å². The summed E-state index contributed by atoms with van der Waals surface area (Å²) in [6.45, 7) is 4.44. The summed E-state index contributed by atoms with van der Waals surface area (Å²) in [5, 5.41) is 3.17. The van der Waals surface area contributed by atoms with E-state index in [9.17, 15) is 4.79 Å². The van der Waals surface area contributed by atoms with Crippen LogP contribution in [0.5, 0.6) is 0 Å². The molecule has 0 bridgehead atoms. The lowest BCUT2D eigenvalue weighted by molar-refractivity contribution is -0.130. The largest absolute Gasteiger partial charge is 0.376 e. The van der Waals surface area contributed by atoms with E-state index in [1.54, 1.807) is 0 Å². The molecule has 0 aromatic heterocycles. The standard InChI is InChI=1S/C14H19BrN2O/c1-11-5-7-17(8-6-11)14(18)10-16-13-4-2-3-12(15)9-13/h2-4,9,11,16H,5-8,10H2,1H3. The number of piperidine rings is 1. The second kappa shape index (κ2) is 6.23. The molecule has 1 aromatic rings. The first-order chi connectivity index (χ1) is 8.65. The highest BCUT2D eigenvalue weighted by atomic mass is 79.9. The summed E-state index contributed by atoms with van der Waals surface area (Å²) in [6, 6.07) is 7.88. The number of rotatable bonds is 3. The van der Waals surface area contributed by atoms with E-state index in [1.807, 2.05) is 29.2 Å². The highest BCUT2D eigenvalue weighted by Crippen LogP contribution is 2.17. The monoisotopic (exact) mass is 310 g/mol. The molecule has 1 aliphatic rings. The fourth-order valence-electron chi connectivity index (χ4n) is 2.15. The van der Waals surface area contributed by atoms with Crippen LogP contribution < -0.4 is 5.32 Å². The van der Waals surface area contributed by atoms with Gasteiger partial charge in [0, 0.05) is 23.2 Å². The number of benzene rings is 1. The number of nitrogens with zero attached hydrogens (tertiary/aromatic N) is 1. The Hall–Kier alpha value is -1.03. The lowest BCUT2D eigenvalue weighted by Crippen LogP contribution is -2.40. The van der Waals surface area contributed by atoms with Crippen LogP contribution in [-0.2, 0) is 4.79 Å². The third kappa shape index (κ3) is 3.73. The van der Waals surface area contributed by atoms with E-state index >= 15 is 0 Å². The summed E-state index contributed by atoms with van der Waals surface area (Å²) in [5.41, 5.74) is 0.975. The molecule has 18 heavy (non-hydrogen) atoms. The minimum atomic E-state index is 0.196. The van der Waals surface area contributed by atoms with Gasteiger partial charge in [-0.2, -0.15) is 0 Å². The first-order valence-corrected chi connectivity index (χ1v) is 7.21. The van der Waals surface area contributed by atoms with Crippen molar-refractivity contribution in [1.29, 1.82) is 0 Å². The maximum Gasteiger partial charge on any atom is 0.241 e. The van der Waals surface area contributed by atoms with Gasteiger partial charge in [0.05, 0.1) is 6.54 Å². The van der Waals surface area contributed by atoms with E-state index in [0.29, 0.717) is 6.54 Å². The Balaban J connectivity index is 1.81. The van der Waals surface area contributed by atoms with Gasteiger partial charge in [-0.3, -0.25) is 4.79 Å². The Kier molecular flexibility index (Phi) is 4.64. The van der Waals surface area contributed by atoms with Gasteiger partial charge in [-0.1, -0.05) is 28.9 Å². The molecule has 1 aromatic carbocycles. The summed E-state index contributed by atoms with van der Waals surface area (Å²) in [4.78, 5) is 14.0. The first-order valence-electron chi connectivity index (χ1n) is 6.42. The van der Waals surface area contributed by atoms with Crippen molar-refractivity contribution in [2.24, 2.45) is 5.92 Å². The van der Waals surface area contributed by atoms with Gasteiger partial charge in [0.15, 0.2) is 0 Å². The summed E-state index contributed by atoms with van der Waals surface area (Å²) < 4.78 is 1.02. The van der Waals surface area contributed by atoms with E-state index in [2.05, 4.69) is 28.2 Å². The third-order valence-electron chi connectivity index (χ3n) is 3.40. The second-order valence-electron chi connectivity index (χ2n) is 4.93. The molecule has 1 fully saturated rings. The number of anilines is 1. The minimum Gasteiger partial charge on any atom is -0.376 e. The molecule has 1 aliphatic heterocycles. The number of nitrogens with one attached hydrogen (secondary N) is 1. The summed E-state index contributed by atoms with van der Waals surface area (Å²) >= 11 is 3.42. The van der Waals surface area contributed by atoms with Crippen molar-refractivity contribution in [2.45, 2.75) is 19.8 Å². The van der Waals surface area contributed by atoms with Crippen molar-refractivity contribution in [3.63, 3.8) is 0 Å². The van der Waals surface area contributed by atoms with Gasteiger partial charge >= 0.3 is 0 Å². The molecule has 3 nitrogen and oxygen atoms in total. The minimum absolute atomic E-state index is 0.196. The SMILES string of the molecule is CC1CCN(C(=O)CNc2cccc(Br)c2)CC1. The van der Waals surface area contributed by atoms with Crippen LogP contribution in [0.4, 0.5) is 5.69 Å². The zero-order valence-corrected chi connectivity index (χ0v) is 12.2. The molecule has 4 heteroatoms. The van der Waals surface area contributed by atoms with Crippen molar-refractivity contribution in [3.8, 4) is 0 Å². The van der Waals surface area contributed by atoms with Gasteiger partial charge in [0.25, 0.3) is 0 Å². The van der Waals surface area contributed by atoms with Crippen molar-refractivity contribution in [2.75, 3.05) is 25.0 Å². The molecule has 0 radical (unpaired) electrons. The number of hydrogen-bond acceptors (Lipinski definition) is 2. The quantitative estimate of drug-likeness (QED) is 0.930. The van der Waals surface area contributed by atoms with Gasteiger partial charge in [-0.25, -0.2) is 0 Å². The molecule has 1 N–H and O–H groups in total. The van der Waals surface area contributed by atoms with Gasteiger partial charge in [-0.05, 0) is 37.0 Å². The van der Waals surface area contributed by atoms with Crippen LogP contribution in [0, 0.1) is 5.92 Å². The van der Waals surface area contributed by atoms with Crippen LogP contribution >= 0.6 is 15.9 Å². The number of hydrogen-bond donors (Lipinski definition) is 1. The first kappa shape index (κ1) is 13.4. The van der Waals surface area contributed by atoms with Crippen LogP contribution in [0.2, 0.25) is 0 Å². The van der Waals surface area contributed by atoms with Crippen LogP contribution in [0.15, 0.2) is 28.7 Å². The molecule has 98 valence electrons. The summed E-state index contributed by atoms with van der Waals surface area (Å²) in [6.07, 6.45) is 2.26. The van der Waals surface area contributed by atoms with Gasteiger partial charge in [0.2, 0.25) is 5.91 Å². The number of likely N-dealkylation sites (tertiary alicyclic amines) is 1. The molecule has 0 atom stereocenters. The lowest BCUT2D eigenvalue weighted by atomic mass is 9.99. The molecule has 1 amide bonds. The Labute approximate surface area is 117 Å². The number of carbonyl (C=O) groups is 1. The highest BCUT2D eigenvalue weighted by Gasteiger charge is 2.19. The van der Waals surface area contributed by atoms with Crippen LogP contribution in [0.1, 0.15) is 19.8 Å². The smallest absolute Gasteiger partial charge is 0.241 e. The van der Waals surface area contributed by atoms with E-state index in [4.69, 9.17) is 0 Å². The molecular weight excluding hydrogens is 292 g/mol. The molecular formula is C14H19BrN2O. The van der Waals surface area contributed by atoms with E-state index in [1.165, 1.54) is 0 Å². The number of amides is 1. The zero-order chi connectivity index (χ0) is 13.0. The molecule has 0 unspecified atom stereocenters. The van der Waals surface area contributed by atoms with E-state index in [0.717, 1.165) is 42.0 Å². The maximum atomic E-state index is 12.0. The fraction of sp³-hybridized carbons (Fsp3) is 0.500. The Morgan fingerprint density at radius 1 is 1.44 bits per heavy atom. The number of halogens is 1. The Bertz CT molecular complexity index is 414. The molecule has 0 spiro atoms. The molecule has 0 aliphatic carbocycles. The van der Waals surface area contributed by atoms with Gasteiger partial charge in [0.1, 0.15) is 0 Å². The number of carbonyl (C=O) groups excluding carboxylic acids is 1. The van der Waals surface area contributed by atoms with Crippen molar-refractivity contribution >= 4 is 27.5 Å².